The summed E-state index contributed by atoms with van der Waals surface area (Å²) in [6.45, 7) is 3.11. The normalized spacial score (nSPS) is 23.1. The van der Waals surface area contributed by atoms with Gasteiger partial charge in [0.05, 0.1) is 5.71 Å². The molecule has 0 radical (unpaired) electrons. The van der Waals surface area contributed by atoms with E-state index in [0.717, 1.165) is 10.6 Å². The van der Waals surface area contributed by atoms with Crippen molar-refractivity contribution in [2.24, 2.45) is 5.10 Å². The summed E-state index contributed by atoms with van der Waals surface area (Å²) in [5, 5.41) is 13.8. The quantitative estimate of drug-likeness (QED) is 0.872. The summed E-state index contributed by atoms with van der Waals surface area (Å²) in [5.41, 5.74) is 0.570. The second-order valence-electron chi connectivity index (χ2n) is 4.43. The minimum atomic E-state index is -1.07. The molecule has 0 aliphatic carbocycles. The highest BCUT2D eigenvalue weighted by Gasteiger charge is 2.46. The third-order valence-electron chi connectivity index (χ3n) is 3.29. The first-order chi connectivity index (χ1) is 8.46. The summed E-state index contributed by atoms with van der Waals surface area (Å²) in [6, 6.07) is 9.26. The van der Waals surface area contributed by atoms with E-state index >= 15 is 0 Å². The summed E-state index contributed by atoms with van der Waals surface area (Å²) in [7, 11) is 0. The van der Waals surface area contributed by atoms with Crippen LogP contribution in [0.15, 0.2) is 35.4 Å². The van der Waals surface area contributed by atoms with Crippen LogP contribution in [-0.4, -0.2) is 34.2 Å². The van der Waals surface area contributed by atoms with Gasteiger partial charge in [0.2, 0.25) is 0 Å². The lowest BCUT2D eigenvalue weighted by molar-refractivity contribution is -0.144. The number of hydrazone groups is 1. The Morgan fingerprint density at radius 1 is 1.39 bits per heavy atom. The van der Waals surface area contributed by atoms with Gasteiger partial charge in [0.15, 0.2) is 0 Å². The average Bonchev–Trinajstić information content (AvgIpc) is 2.55. The summed E-state index contributed by atoms with van der Waals surface area (Å²) >= 11 is 0. The Labute approximate surface area is 105 Å². The Bertz CT molecular complexity index is 524. The summed E-state index contributed by atoms with van der Waals surface area (Å²) < 4.78 is 0. The molecular formula is C13H14N2O3. The van der Waals surface area contributed by atoms with Crippen molar-refractivity contribution < 1.29 is 14.7 Å². The lowest BCUT2D eigenvalue weighted by Crippen LogP contribution is -2.41. The molecule has 1 aliphatic rings. The van der Waals surface area contributed by atoms with Gasteiger partial charge in [0, 0.05) is 0 Å². The van der Waals surface area contributed by atoms with Gasteiger partial charge in [0.25, 0.3) is 5.91 Å². The van der Waals surface area contributed by atoms with E-state index in [1.807, 2.05) is 30.3 Å². The van der Waals surface area contributed by atoms with Crippen LogP contribution in [0.3, 0.4) is 0 Å². The number of hydrogen-bond donors (Lipinski definition) is 1. The van der Waals surface area contributed by atoms with Gasteiger partial charge in [-0.05, 0) is 19.4 Å². The second-order valence-corrected chi connectivity index (χ2v) is 4.43. The molecule has 0 saturated heterocycles. The van der Waals surface area contributed by atoms with Crippen LogP contribution in [0, 0.1) is 0 Å². The number of carboxylic acid groups (broad SMARTS) is 1. The van der Waals surface area contributed by atoms with Gasteiger partial charge in [-0.3, -0.25) is 9.59 Å². The number of rotatable bonds is 3. The van der Waals surface area contributed by atoms with E-state index in [1.54, 1.807) is 13.8 Å². The number of aliphatic carboxylic acids is 1. The molecule has 1 heterocycles. The maximum Gasteiger partial charge on any atom is 0.325 e. The maximum absolute atomic E-state index is 12.3. The molecule has 1 aliphatic heterocycles. The van der Waals surface area contributed by atoms with Crippen molar-refractivity contribution in [1.29, 1.82) is 0 Å². The molecule has 1 aromatic carbocycles. The molecule has 94 valence electrons. The summed E-state index contributed by atoms with van der Waals surface area (Å²) in [4.78, 5) is 23.0. The zero-order valence-corrected chi connectivity index (χ0v) is 10.3. The van der Waals surface area contributed by atoms with Crippen LogP contribution in [0.1, 0.15) is 19.4 Å². The summed E-state index contributed by atoms with van der Waals surface area (Å²) in [6.07, 6.45) is 0. The number of carbonyl (C=O) groups is 2. The van der Waals surface area contributed by atoms with E-state index in [1.165, 1.54) is 0 Å². The van der Waals surface area contributed by atoms with Gasteiger partial charge in [-0.2, -0.15) is 5.10 Å². The largest absolute Gasteiger partial charge is 0.480 e. The van der Waals surface area contributed by atoms with Crippen LogP contribution in [0.4, 0.5) is 0 Å². The number of carboxylic acids is 1. The van der Waals surface area contributed by atoms with Crippen molar-refractivity contribution in [2.75, 3.05) is 6.54 Å². The van der Waals surface area contributed by atoms with Gasteiger partial charge in [-0.1, -0.05) is 30.3 Å². The van der Waals surface area contributed by atoms with Gasteiger partial charge in [0.1, 0.15) is 12.0 Å². The van der Waals surface area contributed by atoms with Crippen molar-refractivity contribution in [1.82, 2.24) is 5.01 Å². The molecular weight excluding hydrogens is 232 g/mol. The van der Waals surface area contributed by atoms with Crippen LogP contribution in [0.25, 0.3) is 0 Å². The monoisotopic (exact) mass is 246 g/mol. The first kappa shape index (κ1) is 12.3. The van der Waals surface area contributed by atoms with E-state index in [0.29, 0.717) is 5.71 Å². The zero-order valence-electron chi connectivity index (χ0n) is 10.3. The van der Waals surface area contributed by atoms with E-state index in [4.69, 9.17) is 5.11 Å². The van der Waals surface area contributed by atoms with Crippen LogP contribution < -0.4 is 0 Å². The van der Waals surface area contributed by atoms with E-state index in [9.17, 15) is 9.59 Å². The van der Waals surface area contributed by atoms with Crippen molar-refractivity contribution >= 4 is 17.6 Å². The average molecular weight is 246 g/mol. The SMILES string of the molecule is CC1=NN(CC(=O)O)C(=O)C1(C)c1ccccc1. The van der Waals surface area contributed by atoms with Crippen LogP contribution in [0.2, 0.25) is 0 Å². The Morgan fingerprint density at radius 2 is 2.00 bits per heavy atom. The predicted molar refractivity (Wildman–Crippen MR) is 66.3 cm³/mol. The molecule has 5 heteroatoms. The van der Waals surface area contributed by atoms with Crippen molar-refractivity contribution in [2.45, 2.75) is 19.3 Å². The van der Waals surface area contributed by atoms with Crippen LogP contribution >= 0.6 is 0 Å². The lowest BCUT2D eigenvalue weighted by Gasteiger charge is -2.23. The molecule has 1 amide bonds. The van der Waals surface area contributed by atoms with E-state index < -0.39 is 17.9 Å². The molecule has 0 fully saturated rings. The second kappa shape index (κ2) is 4.25. The first-order valence-corrected chi connectivity index (χ1v) is 5.61. The molecule has 0 saturated carbocycles. The minimum Gasteiger partial charge on any atom is -0.480 e. The maximum atomic E-state index is 12.3. The molecule has 1 unspecified atom stereocenters. The Morgan fingerprint density at radius 3 is 2.56 bits per heavy atom. The molecule has 5 nitrogen and oxygen atoms in total. The van der Waals surface area contributed by atoms with Gasteiger partial charge in [-0.15, -0.1) is 0 Å². The van der Waals surface area contributed by atoms with Crippen molar-refractivity contribution in [3.8, 4) is 0 Å². The first-order valence-electron chi connectivity index (χ1n) is 5.61. The fourth-order valence-electron chi connectivity index (χ4n) is 2.08. The van der Waals surface area contributed by atoms with Crippen molar-refractivity contribution in [3.05, 3.63) is 35.9 Å². The highest BCUT2D eigenvalue weighted by molar-refractivity contribution is 6.16. The van der Waals surface area contributed by atoms with Crippen LogP contribution in [-0.2, 0) is 15.0 Å². The molecule has 1 atom stereocenters. The third kappa shape index (κ3) is 1.77. The molecule has 0 bridgehead atoms. The molecule has 18 heavy (non-hydrogen) atoms. The number of hydrogen-bond acceptors (Lipinski definition) is 3. The van der Waals surface area contributed by atoms with Crippen molar-refractivity contribution in [3.63, 3.8) is 0 Å². The Hall–Kier alpha value is -2.17. The lowest BCUT2D eigenvalue weighted by atomic mass is 9.78. The predicted octanol–water partition coefficient (Wildman–Crippen LogP) is 1.25. The number of nitrogens with zero attached hydrogens (tertiary/aromatic N) is 2. The highest BCUT2D eigenvalue weighted by atomic mass is 16.4. The topological polar surface area (TPSA) is 70.0 Å². The Balaban J connectivity index is 2.39. The fourth-order valence-corrected chi connectivity index (χ4v) is 2.08. The zero-order chi connectivity index (χ0) is 13.3. The van der Waals surface area contributed by atoms with Gasteiger partial charge in [-0.25, -0.2) is 5.01 Å². The number of amides is 1. The number of carbonyl (C=O) groups excluding carboxylic acids is 1. The van der Waals surface area contributed by atoms with E-state index in [-0.39, 0.29) is 5.91 Å². The number of benzene rings is 1. The highest BCUT2D eigenvalue weighted by Crippen LogP contribution is 2.32. The molecule has 0 spiro atoms. The summed E-state index contributed by atoms with van der Waals surface area (Å²) in [5.74, 6) is -1.37. The third-order valence-corrected chi connectivity index (χ3v) is 3.29. The minimum absolute atomic E-state index is 0.298. The fraction of sp³-hybridized carbons (Fsp3) is 0.308. The molecule has 1 aromatic rings. The van der Waals surface area contributed by atoms with Gasteiger partial charge >= 0.3 is 5.97 Å². The molecule has 0 aromatic heterocycles. The van der Waals surface area contributed by atoms with Crippen LogP contribution in [0.5, 0.6) is 0 Å². The van der Waals surface area contributed by atoms with Gasteiger partial charge < -0.3 is 5.11 Å². The van der Waals surface area contributed by atoms with E-state index in [2.05, 4.69) is 5.10 Å². The molecule has 2 rings (SSSR count). The standard InChI is InChI=1S/C13H14N2O3/c1-9-13(2,10-6-4-3-5-7-10)12(18)15(14-9)8-11(16)17/h3-7H,8H2,1-2H3,(H,16,17). The molecule has 1 N–H and O–H groups in total. The Kier molecular flexibility index (Phi) is 2.90. The smallest absolute Gasteiger partial charge is 0.325 e.